The third-order valence-electron chi connectivity index (χ3n) is 3.37. The first-order chi connectivity index (χ1) is 9.63. The van der Waals surface area contributed by atoms with Crippen molar-refractivity contribution in [3.8, 4) is 11.5 Å². The molecule has 2 heterocycles. The van der Waals surface area contributed by atoms with Gasteiger partial charge in [-0.15, -0.1) is 0 Å². The van der Waals surface area contributed by atoms with Gasteiger partial charge in [-0.25, -0.2) is 0 Å². The van der Waals surface area contributed by atoms with E-state index in [2.05, 4.69) is 0 Å². The molecule has 0 fully saturated rings. The Morgan fingerprint density at radius 3 is 2.85 bits per heavy atom. The molecular weight excluding hydrogens is 256 g/mol. The van der Waals surface area contributed by atoms with Crippen molar-refractivity contribution in [1.29, 1.82) is 0 Å². The van der Waals surface area contributed by atoms with E-state index in [0.29, 0.717) is 12.3 Å². The smallest absolute Gasteiger partial charge is 0.250 e. The third kappa shape index (κ3) is 2.40. The number of fused-ring (bicyclic) bond motifs is 1. The Morgan fingerprint density at radius 1 is 1.25 bits per heavy atom. The molecule has 1 aromatic heterocycles. The highest BCUT2D eigenvalue weighted by molar-refractivity contribution is 5.45. The van der Waals surface area contributed by atoms with Crippen LogP contribution in [0.15, 0.2) is 41.3 Å². The molecular formula is C15H16N2O3. The topological polar surface area (TPSA) is 66.5 Å². The van der Waals surface area contributed by atoms with E-state index in [1.807, 2.05) is 31.2 Å². The summed E-state index contributed by atoms with van der Waals surface area (Å²) >= 11 is 0. The van der Waals surface area contributed by atoms with Crippen LogP contribution in [0.5, 0.6) is 11.5 Å². The van der Waals surface area contributed by atoms with Gasteiger partial charge >= 0.3 is 0 Å². The van der Waals surface area contributed by atoms with Gasteiger partial charge in [-0.05, 0) is 36.2 Å². The molecule has 0 radical (unpaired) electrons. The quantitative estimate of drug-likeness (QED) is 0.921. The molecule has 0 saturated carbocycles. The van der Waals surface area contributed by atoms with Gasteiger partial charge in [0.15, 0.2) is 11.5 Å². The highest BCUT2D eigenvalue weighted by Crippen LogP contribution is 2.33. The number of rotatable bonds is 3. The largest absolute Gasteiger partial charge is 0.454 e. The Morgan fingerprint density at radius 2 is 2.05 bits per heavy atom. The van der Waals surface area contributed by atoms with E-state index in [9.17, 15) is 4.79 Å². The molecule has 1 aliphatic heterocycles. The van der Waals surface area contributed by atoms with Gasteiger partial charge < -0.3 is 19.8 Å². The Balaban J connectivity index is 1.82. The minimum atomic E-state index is -0.273. The number of benzene rings is 1. The molecule has 3 rings (SSSR count). The molecule has 2 aromatic rings. The first-order valence-electron chi connectivity index (χ1n) is 6.46. The average molecular weight is 272 g/mol. The lowest BCUT2D eigenvalue weighted by Crippen LogP contribution is -2.26. The summed E-state index contributed by atoms with van der Waals surface area (Å²) in [7, 11) is 0. The lowest BCUT2D eigenvalue weighted by molar-refractivity contribution is 0.174. The number of pyridine rings is 1. The lowest BCUT2D eigenvalue weighted by atomic mass is 10.1. The van der Waals surface area contributed by atoms with Gasteiger partial charge in [0.05, 0.1) is 0 Å². The molecule has 0 amide bonds. The maximum absolute atomic E-state index is 11.9. The minimum Gasteiger partial charge on any atom is -0.454 e. The van der Waals surface area contributed by atoms with E-state index in [4.69, 9.17) is 15.2 Å². The number of aryl methyl sites for hydroxylation is 1. The molecule has 104 valence electrons. The Bertz CT molecular complexity index is 694. The van der Waals surface area contributed by atoms with Crippen molar-refractivity contribution in [2.24, 2.45) is 5.73 Å². The molecule has 2 N–H and O–H groups in total. The van der Waals surface area contributed by atoms with Crippen LogP contribution in [0.25, 0.3) is 0 Å². The zero-order valence-electron chi connectivity index (χ0n) is 11.2. The molecule has 0 spiro atoms. The second-order valence-corrected chi connectivity index (χ2v) is 4.91. The molecule has 5 heteroatoms. The van der Waals surface area contributed by atoms with Crippen molar-refractivity contribution < 1.29 is 9.47 Å². The normalized spacial score (nSPS) is 14.3. The van der Waals surface area contributed by atoms with Crippen LogP contribution >= 0.6 is 0 Å². The highest BCUT2D eigenvalue weighted by Gasteiger charge is 2.16. The Labute approximate surface area is 116 Å². The van der Waals surface area contributed by atoms with Gasteiger partial charge in [-0.3, -0.25) is 4.79 Å². The zero-order valence-corrected chi connectivity index (χ0v) is 11.2. The molecule has 5 nitrogen and oxygen atoms in total. The summed E-state index contributed by atoms with van der Waals surface area (Å²) in [4.78, 5) is 11.9. The molecule has 1 unspecified atom stereocenters. The number of nitrogens with zero attached hydrogens (tertiary/aromatic N) is 1. The van der Waals surface area contributed by atoms with Gasteiger partial charge in [0.1, 0.15) is 0 Å². The van der Waals surface area contributed by atoms with Crippen LogP contribution in [-0.4, -0.2) is 11.4 Å². The van der Waals surface area contributed by atoms with E-state index in [0.717, 1.165) is 16.9 Å². The van der Waals surface area contributed by atoms with E-state index < -0.39 is 0 Å². The SMILES string of the molecule is Cc1ccn(CC(N)c2ccc3c(c2)OCO3)c(=O)c1. The van der Waals surface area contributed by atoms with Crippen molar-refractivity contribution in [3.63, 3.8) is 0 Å². The predicted molar refractivity (Wildman–Crippen MR) is 74.9 cm³/mol. The zero-order chi connectivity index (χ0) is 14.1. The molecule has 1 aromatic carbocycles. The molecule has 0 saturated heterocycles. The number of nitrogens with two attached hydrogens (primary N) is 1. The second kappa shape index (κ2) is 5.02. The Hall–Kier alpha value is -2.27. The van der Waals surface area contributed by atoms with Crippen LogP contribution in [0, 0.1) is 6.92 Å². The van der Waals surface area contributed by atoms with Gasteiger partial charge in [0.2, 0.25) is 6.79 Å². The van der Waals surface area contributed by atoms with Crippen LogP contribution < -0.4 is 20.8 Å². The van der Waals surface area contributed by atoms with Crippen molar-refractivity contribution in [2.45, 2.75) is 19.5 Å². The van der Waals surface area contributed by atoms with Crippen LogP contribution in [0.2, 0.25) is 0 Å². The van der Waals surface area contributed by atoms with Crippen LogP contribution in [0.3, 0.4) is 0 Å². The van der Waals surface area contributed by atoms with Crippen molar-refractivity contribution >= 4 is 0 Å². The molecule has 20 heavy (non-hydrogen) atoms. The maximum atomic E-state index is 11.9. The summed E-state index contributed by atoms with van der Waals surface area (Å²) in [5.74, 6) is 1.43. The minimum absolute atomic E-state index is 0.0406. The van der Waals surface area contributed by atoms with E-state index >= 15 is 0 Å². The predicted octanol–water partition coefficient (Wildman–Crippen LogP) is 1.59. The molecule has 1 aliphatic rings. The summed E-state index contributed by atoms with van der Waals surface area (Å²) in [6.45, 7) is 2.56. The van der Waals surface area contributed by atoms with Crippen LogP contribution in [-0.2, 0) is 6.54 Å². The molecule has 0 bridgehead atoms. The highest BCUT2D eigenvalue weighted by atomic mass is 16.7. The molecule has 0 aliphatic carbocycles. The van der Waals surface area contributed by atoms with Gasteiger partial charge in [-0.1, -0.05) is 6.07 Å². The number of hydrogen-bond donors (Lipinski definition) is 1. The lowest BCUT2D eigenvalue weighted by Gasteiger charge is -2.14. The fraction of sp³-hybridized carbons (Fsp3) is 0.267. The van der Waals surface area contributed by atoms with Gasteiger partial charge in [-0.2, -0.15) is 0 Å². The summed E-state index contributed by atoms with van der Waals surface area (Å²) in [5, 5.41) is 0. The van der Waals surface area contributed by atoms with Gasteiger partial charge in [0.25, 0.3) is 5.56 Å². The first kappa shape index (κ1) is 12.7. The number of hydrogen-bond acceptors (Lipinski definition) is 4. The summed E-state index contributed by atoms with van der Waals surface area (Å²) in [5.41, 5.74) is 8.00. The van der Waals surface area contributed by atoms with Crippen LogP contribution in [0.1, 0.15) is 17.2 Å². The van der Waals surface area contributed by atoms with Gasteiger partial charge in [0, 0.05) is 24.8 Å². The standard InChI is InChI=1S/C15H16N2O3/c1-10-4-5-17(15(18)6-10)8-12(16)11-2-3-13-14(7-11)20-9-19-13/h2-7,12H,8-9,16H2,1H3. The number of aromatic nitrogens is 1. The summed E-state index contributed by atoms with van der Waals surface area (Å²) in [6, 6.07) is 8.84. The van der Waals surface area contributed by atoms with E-state index in [1.165, 1.54) is 0 Å². The third-order valence-corrected chi connectivity index (χ3v) is 3.37. The monoisotopic (exact) mass is 272 g/mol. The summed E-state index contributed by atoms with van der Waals surface area (Å²) < 4.78 is 12.2. The first-order valence-corrected chi connectivity index (χ1v) is 6.46. The second-order valence-electron chi connectivity index (χ2n) is 4.91. The fourth-order valence-electron chi connectivity index (χ4n) is 2.22. The van der Waals surface area contributed by atoms with Crippen molar-refractivity contribution in [2.75, 3.05) is 6.79 Å². The van der Waals surface area contributed by atoms with E-state index in [-0.39, 0.29) is 18.4 Å². The average Bonchev–Trinajstić information content (AvgIpc) is 2.89. The van der Waals surface area contributed by atoms with Crippen LogP contribution in [0.4, 0.5) is 0 Å². The number of ether oxygens (including phenoxy) is 2. The summed E-state index contributed by atoms with van der Waals surface area (Å²) in [6.07, 6.45) is 1.77. The Kier molecular flexibility index (Phi) is 3.20. The van der Waals surface area contributed by atoms with Crippen molar-refractivity contribution in [3.05, 3.63) is 58.0 Å². The van der Waals surface area contributed by atoms with Crippen molar-refractivity contribution in [1.82, 2.24) is 4.57 Å². The fourth-order valence-corrected chi connectivity index (χ4v) is 2.22. The maximum Gasteiger partial charge on any atom is 0.250 e. The van der Waals surface area contributed by atoms with E-state index in [1.54, 1.807) is 16.8 Å². The molecule has 1 atom stereocenters.